The quantitative estimate of drug-likeness (QED) is 0.783. The molecule has 0 saturated carbocycles. The van der Waals surface area contributed by atoms with Crippen molar-refractivity contribution in [2.75, 3.05) is 13.1 Å². The largest absolute Gasteiger partial charge is 0.313 e. The lowest BCUT2D eigenvalue weighted by atomic mass is 10.1. The van der Waals surface area contributed by atoms with Crippen molar-refractivity contribution in [1.29, 1.82) is 0 Å². The molecular formula is C14H23BrN2O2S. The molecule has 0 heterocycles. The van der Waals surface area contributed by atoms with Crippen molar-refractivity contribution in [3.63, 3.8) is 0 Å². The molecule has 0 unspecified atom stereocenters. The van der Waals surface area contributed by atoms with Crippen LogP contribution in [0.3, 0.4) is 0 Å². The van der Waals surface area contributed by atoms with E-state index in [-0.39, 0.29) is 5.92 Å². The van der Waals surface area contributed by atoms with E-state index in [1.165, 1.54) is 0 Å². The zero-order chi connectivity index (χ0) is 15.3. The summed E-state index contributed by atoms with van der Waals surface area (Å²) in [4.78, 5) is 0.348. The maximum Gasteiger partial charge on any atom is 0.240 e. The lowest BCUT2D eigenvalue weighted by Crippen LogP contribution is -2.28. The summed E-state index contributed by atoms with van der Waals surface area (Å²) in [6.07, 6.45) is 0. The summed E-state index contributed by atoms with van der Waals surface area (Å²) in [5.41, 5.74) is 1.69. The summed E-state index contributed by atoms with van der Waals surface area (Å²) in [5, 5.41) is 3.20. The SMILES string of the molecule is CCNCc1cc(Br)c(C)c(S(=O)(=O)NCC(C)C)c1. The van der Waals surface area contributed by atoms with Crippen molar-refractivity contribution in [2.45, 2.75) is 39.1 Å². The van der Waals surface area contributed by atoms with E-state index in [4.69, 9.17) is 0 Å². The first-order valence-electron chi connectivity index (χ1n) is 6.77. The Morgan fingerprint density at radius 2 is 1.95 bits per heavy atom. The van der Waals surface area contributed by atoms with Gasteiger partial charge in [-0.05, 0) is 42.6 Å². The molecule has 0 radical (unpaired) electrons. The lowest BCUT2D eigenvalue weighted by molar-refractivity contribution is 0.559. The van der Waals surface area contributed by atoms with Crippen LogP contribution in [-0.4, -0.2) is 21.5 Å². The Morgan fingerprint density at radius 3 is 2.50 bits per heavy atom. The Bertz CT molecular complexity index is 557. The maximum atomic E-state index is 12.4. The Kier molecular flexibility index (Phi) is 6.64. The van der Waals surface area contributed by atoms with E-state index in [0.717, 1.165) is 22.1 Å². The average molecular weight is 363 g/mol. The lowest BCUT2D eigenvalue weighted by Gasteiger charge is -2.14. The zero-order valence-electron chi connectivity index (χ0n) is 12.5. The van der Waals surface area contributed by atoms with Crippen LogP contribution in [-0.2, 0) is 16.6 Å². The highest BCUT2D eigenvalue weighted by molar-refractivity contribution is 9.10. The third kappa shape index (κ3) is 4.84. The topological polar surface area (TPSA) is 58.2 Å². The van der Waals surface area contributed by atoms with Gasteiger partial charge >= 0.3 is 0 Å². The summed E-state index contributed by atoms with van der Waals surface area (Å²) in [6.45, 7) is 9.73. The molecule has 0 aliphatic heterocycles. The minimum absolute atomic E-state index is 0.276. The van der Waals surface area contributed by atoms with Gasteiger partial charge in [-0.2, -0.15) is 0 Å². The first-order chi connectivity index (χ1) is 9.27. The fraction of sp³-hybridized carbons (Fsp3) is 0.571. The summed E-state index contributed by atoms with van der Waals surface area (Å²) in [5.74, 6) is 0.276. The molecule has 0 fully saturated rings. The molecule has 20 heavy (non-hydrogen) atoms. The van der Waals surface area contributed by atoms with Gasteiger partial charge in [0.05, 0.1) is 4.90 Å². The Balaban J connectivity index is 3.12. The van der Waals surface area contributed by atoms with Crippen molar-refractivity contribution in [1.82, 2.24) is 10.0 Å². The van der Waals surface area contributed by atoms with E-state index in [1.807, 2.05) is 33.8 Å². The third-order valence-corrected chi connectivity index (χ3v) is 5.28. The minimum Gasteiger partial charge on any atom is -0.313 e. The van der Waals surface area contributed by atoms with Crippen LogP contribution in [0.15, 0.2) is 21.5 Å². The highest BCUT2D eigenvalue weighted by Crippen LogP contribution is 2.25. The standard InChI is InChI=1S/C14H23BrN2O2S/c1-5-16-9-12-6-13(15)11(4)14(7-12)20(18,19)17-8-10(2)3/h6-7,10,16-17H,5,8-9H2,1-4H3. The molecule has 0 aliphatic carbocycles. The van der Waals surface area contributed by atoms with Crippen molar-refractivity contribution < 1.29 is 8.42 Å². The number of benzene rings is 1. The van der Waals surface area contributed by atoms with E-state index in [9.17, 15) is 8.42 Å². The van der Waals surface area contributed by atoms with E-state index in [2.05, 4.69) is 26.0 Å². The fourth-order valence-electron chi connectivity index (χ4n) is 1.71. The minimum atomic E-state index is -3.46. The molecule has 1 rings (SSSR count). The highest BCUT2D eigenvalue weighted by atomic mass is 79.9. The summed E-state index contributed by atoms with van der Waals surface area (Å²) >= 11 is 3.44. The first-order valence-corrected chi connectivity index (χ1v) is 9.05. The summed E-state index contributed by atoms with van der Waals surface area (Å²) in [6, 6.07) is 3.70. The number of rotatable bonds is 7. The van der Waals surface area contributed by atoms with E-state index in [1.54, 1.807) is 6.07 Å². The normalized spacial score (nSPS) is 12.1. The molecule has 2 N–H and O–H groups in total. The second kappa shape index (κ2) is 7.54. The van der Waals surface area contributed by atoms with Gasteiger partial charge in [0.1, 0.15) is 0 Å². The van der Waals surface area contributed by atoms with Crippen molar-refractivity contribution >= 4 is 26.0 Å². The molecular weight excluding hydrogens is 340 g/mol. The number of hydrogen-bond donors (Lipinski definition) is 2. The molecule has 114 valence electrons. The van der Waals surface area contributed by atoms with E-state index >= 15 is 0 Å². The number of nitrogens with one attached hydrogen (secondary N) is 2. The van der Waals surface area contributed by atoms with Gasteiger partial charge in [-0.1, -0.05) is 36.7 Å². The van der Waals surface area contributed by atoms with Crippen LogP contribution >= 0.6 is 15.9 Å². The first kappa shape index (κ1) is 17.6. The molecule has 4 nitrogen and oxygen atoms in total. The second-order valence-electron chi connectivity index (χ2n) is 5.23. The average Bonchev–Trinajstić information content (AvgIpc) is 2.37. The Labute approximate surface area is 130 Å². The number of halogens is 1. The van der Waals surface area contributed by atoms with Gasteiger partial charge < -0.3 is 5.32 Å². The van der Waals surface area contributed by atoms with E-state index in [0.29, 0.717) is 18.0 Å². The van der Waals surface area contributed by atoms with Gasteiger partial charge in [-0.3, -0.25) is 0 Å². The van der Waals surface area contributed by atoms with Crippen molar-refractivity contribution in [2.24, 2.45) is 5.92 Å². The summed E-state index contributed by atoms with van der Waals surface area (Å²) < 4.78 is 28.2. The molecule has 0 aliphatic rings. The van der Waals surface area contributed by atoms with Crippen molar-refractivity contribution in [3.8, 4) is 0 Å². The predicted octanol–water partition coefficient (Wildman–Crippen LogP) is 2.80. The molecule has 0 spiro atoms. The van der Waals surface area contributed by atoms with Gasteiger partial charge in [0.2, 0.25) is 10.0 Å². The van der Waals surface area contributed by atoms with Gasteiger partial charge in [0, 0.05) is 17.6 Å². The third-order valence-electron chi connectivity index (χ3n) is 2.91. The molecule has 0 atom stereocenters. The zero-order valence-corrected chi connectivity index (χ0v) is 14.9. The molecule has 1 aromatic rings. The van der Waals surface area contributed by atoms with Crippen LogP contribution in [0.4, 0.5) is 0 Å². The molecule has 0 aromatic heterocycles. The highest BCUT2D eigenvalue weighted by Gasteiger charge is 2.19. The van der Waals surface area contributed by atoms with Gasteiger partial charge in [-0.15, -0.1) is 0 Å². The molecule has 6 heteroatoms. The molecule has 0 saturated heterocycles. The van der Waals surface area contributed by atoms with Crippen LogP contribution in [0.1, 0.15) is 31.9 Å². The predicted molar refractivity (Wildman–Crippen MR) is 86.3 cm³/mol. The Morgan fingerprint density at radius 1 is 1.30 bits per heavy atom. The maximum absolute atomic E-state index is 12.4. The van der Waals surface area contributed by atoms with Gasteiger partial charge in [0.25, 0.3) is 0 Å². The van der Waals surface area contributed by atoms with E-state index < -0.39 is 10.0 Å². The monoisotopic (exact) mass is 362 g/mol. The summed E-state index contributed by atoms with van der Waals surface area (Å²) in [7, 11) is -3.46. The van der Waals surface area contributed by atoms with Crippen LogP contribution in [0.5, 0.6) is 0 Å². The smallest absolute Gasteiger partial charge is 0.240 e. The molecule has 0 bridgehead atoms. The van der Waals surface area contributed by atoms with Gasteiger partial charge in [-0.25, -0.2) is 13.1 Å². The number of sulfonamides is 1. The van der Waals surface area contributed by atoms with Crippen LogP contribution in [0.25, 0.3) is 0 Å². The van der Waals surface area contributed by atoms with Crippen LogP contribution in [0.2, 0.25) is 0 Å². The number of hydrogen-bond acceptors (Lipinski definition) is 3. The Hall–Kier alpha value is -0.430. The molecule has 0 amide bonds. The molecule has 1 aromatic carbocycles. The van der Waals surface area contributed by atoms with Crippen molar-refractivity contribution in [3.05, 3.63) is 27.7 Å². The fourth-order valence-corrected chi connectivity index (χ4v) is 3.88. The van der Waals surface area contributed by atoms with Gasteiger partial charge in [0.15, 0.2) is 0 Å². The van der Waals surface area contributed by atoms with Crippen LogP contribution in [0, 0.1) is 12.8 Å². The van der Waals surface area contributed by atoms with Crippen LogP contribution < -0.4 is 10.0 Å². The second-order valence-corrected chi connectivity index (χ2v) is 7.82.